The highest BCUT2D eigenvalue weighted by Gasteiger charge is 2.34. The second-order valence-electron chi connectivity index (χ2n) is 4.36. The lowest BCUT2D eigenvalue weighted by Gasteiger charge is -2.37. The topological polar surface area (TPSA) is 81.6 Å². The van der Waals surface area contributed by atoms with E-state index >= 15 is 0 Å². The molecule has 0 aromatic heterocycles. The quantitative estimate of drug-likeness (QED) is 0.550. The normalized spacial score (nSPS) is 19.2. The first-order chi connectivity index (χ1) is 8.11. The SMILES string of the molecule is O=C(NCC1(O)CNC1)C(O)c1ccccc1. The molecule has 1 fully saturated rings. The maximum atomic E-state index is 11.6. The molecular formula is C12H16N2O3. The van der Waals surface area contributed by atoms with E-state index in [9.17, 15) is 15.0 Å². The van der Waals surface area contributed by atoms with Crippen molar-refractivity contribution >= 4 is 5.91 Å². The van der Waals surface area contributed by atoms with E-state index in [1.165, 1.54) is 0 Å². The summed E-state index contributed by atoms with van der Waals surface area (Å²) >= 11 is 0. The number of hydrogen-bond donors (Lipinski definition) is 4. The molecular weight excluding hydrogens is 220 g/mol. The van der Waals surface area contributed by atoms with Gasteiger partial charge in [0.25, 0.3) is 5.91 Å². The van der Waals surface area contributed by atoms with Crippen molar-refractivity contribution in [3.63, 3.8) is 0 Å². The molecule has 92 valence electrons. The highest BCUT2D eigenvalue weighted by molar-refractivity contribution is 5.81. The van der Waals surface area contributed by atoms with Gasteiger partial charge in [0.05, 0.1) is 0 Å². The first-order valence-corrected chi connectivity index (χ1v) is 5.55. The van der Waals surface area contributed by atoms with Crippen molar-refractivity contribution in [1.82, 2.24) is 10.6 Å². The number of amides is 1. The number of carbonyl (C=O) groups is 1. The maximum absolute atomic E-state index is 11.6. The van der Waals surface area contributed by atoms with Gasteiger partial charge in [0, 0.05) is 19.6 Å². The van der Waals surface area contributed by atoms with E-state index < -0.39 is 17.6 Å². The van der Waals surface area contributed by atoms with Crippen LogP contribution in [0.5, 0.6) is 0 Å². The lowest BCUT2D eigenvalue weighted by molar-refractivity contribution is -0.131. The smallest absolute Gasteiger partial charge is 0.253 e. The first kappa shape index (κ1) is 12.0. The molecule has 1 saturated heterocycles. The molecule has 1 aliphatic heterocycles. The van der Waals surface area contributed by atoms with Gasteiger partial charge in [0.1, 0.15) is 5.60 Å². The molecule has 1 heterocycles. The Bertz CT molecular complexity index is 390. The molecule has 4 N–H and O–H groups in total. The summed E-state index contributed by atoms with van der Waals surface area (Å²) < 4.78 is 0. The van der Waals surface area contributed by atoms with Gasteiger partial charge in [-0.15, -0.1) is 0 Å². The predicted molar refractivity (Wildman–Crippen MR) is 62.2 cm³/mol. The maximum Gasteiger partial charge on any atom is 0.253 e. The molecule has 0 aliphatic carbocycles. The summed E-state index contributed by atoms with van der Waals surface area (Å²) in [6, 6.07) is 8.70. The van der Waals surface area contributed by atoms with Gasteiger partial charge in [-0.3, -0.25) is 4.79 Å². The number of aliphatic hydroxyl groups is 2. The third-order valence-corrected chi connectivity index (χ3v) is 2.86. The number of benzene rings is 1. The van der Waals surface area contributed by atoms with Gasteiger partial charge in [-0.25, -0.2) is 0 Å². The van der Waals surface area contributed by atoms with Crippen LogP contribution in [0.25, 0.3) is 0 Å². The molecule has 1 aliphatic rings. The first-order valence-electron chi connectivity index (χ1n) is 5.55. The van der Waals surface area contributed by atoms with Crippen molar-refractivity contribution in [3.8, 4) is 0 Å². The van der Waals surface area contributed by atoms with Gasteiger partial charge >= 0.3 is 0 Å². The van der Waals surface area contributed by atoms with Gasteiger partial charge in [0.15, 0.2) is 6.10 Å². The van der Waals surface area contributed by atoms with Crippen LogP contribution < -0.4 is 10.6 Å². The van der Waals surface area contributed by atoms with E-state index in [2.05, 4.69) is 10.6 Å². The summed E-state index contributed by atoms with van der Waals surface area (Å²) in [5.74, 6) is -0.489. The number of hydrogen-bond acceptors (Lipinski definition) is 4. The molecule has 0 bridgehead atoms. The Kier molecular flexibility index (Phi) is 3.42. The van der Waals surface area contributed by atoms with E-state index in [1.807, 2.05) is 6.07 Å². The van der Waals surface area contributed by atoms with E-state index in [-0.39, 0.29) is 6.54 Å². The zero-order chi connectivity index (χ0) is 12.3. The van der Waals surface area contributed by atoms with Crippen LogP contribution in [-0.4, -0.2) is 41.4 Å². The lowest BCUT2D eigenvalue weighted by Crippen LogP contribution is -2.64. The standard InChI is InChI=1S/C12H16N2O3/c15-10(9-4-2-1-3-5-9)11(16)14-8-12(17)6-13-7-12/h1-5,10,13,15,17H,6-8H2,(H,14,16). The summed E-state index contributed by atoms with van der Waals surface area (Å²) in [6.07, 6.45) is -1.19. The third kappa shape index (κ3) is 2.82. The second-order valence-corrected chi connectivity index (χ2v) is 4.36. The lowest BCUT2D eigenvalue weighted by atomic mass is 9.97. The summed E-state index contributed by atoms with van der Waals surface area (Å²) in [6.45, 7) is 1.09. The van der Waals surface area contributed by atoms with Gasteiger partial charge in [-0.2, -0.15) is 0 Å². The van der Waals surface area contributed by atoms with Gasteiger partial charge in [0.2, 0.25) is 0 Å². The number of β-amino-alcohol motifs (C(OH)–C–C–N with tert-alkyl or cyclic N) is 1. The van der Waals surface area contributed by atoms with Crippen LogP contribution in [-0.2, 0) is 4.79 Å². The molecule has 1 unspecified atom stereocenters. The van der Waals surface area contributed by atoms with E-state index in [4.69, 9.17) is 0 Å². The van der Waals surface area contributed by atoms with E-state index in [0.29, 0.717) is 18.7 Å². The van der Waals surface area contributed by atoms with Crippen molar-refractivity contribution in [2.24, 2.45) is 0 Å². The largest absolute Gasteiger partial charge is 0.385 e. The van der Waals surface area contributed by atoms with Gasteiger partial charge in [-0.1, -0.05) is 30.3 Å². The van der Waals surface area contributed by atoms with E-state index in [0.717, 1.165) is 0 Å². The highest BCUT2D eigenvalue weighted by Crippen LogP contribution is 2.13. The molecule has 0 saturated carbocycles. The average molecular weight is 236 g/mol. The fraction of sp³-hybridized carbons (Fsp3) is 0.417. The van der Waals surface area contributed by atoms with Crippen molar-refractivity contribution in [2.45, 2.75) is 11.7 Å². The molecule has 2 rings (SSSR count). The molecule has 5 heteroatoms. The Labute approximate surface area is 99.5 Å². The highest BCUT2D eigenvalue weighted by atomic mass is 16.3. The fourth-order valence-corrected chi connectivity index (χ4v) is 1.67. The Morgan fingerprint density at radius 3 is 2.59 bits per heavy atom. The minimum atomic E-state index is -1.19. The van der Waals surface area contributed by atoms with Gasteiger partial charge in [-0.05, 0) is 5.56 Å². The number of aliphatic hydroxyl groups excluding tert-OH is 1. The Morgan fingerprint density at radius 1 is 1.41 bits per heavy atom. The molecule has 0 radical (unpaired) electrons. The van der Waals surface area contributed by atoms with Crippen LogP contribution in [0, 0.1) is 0 Å². The Morgan fingerprint density at radius 2 is 2.06 bits per heavy atom. The van der Waals surface area contributed by atoms with Crippen molar-refractivity contribution in [2.75, 3.05) is 19.6 Å². The predicted octanol–water partition coefficient (Wildman–Crippen LogP) is -0.829. The summed E-state index contributed by atoms with van der Waals surface area (Å²) in [7, 11) is 0. The van der Waals surface area contributed by atoms with Crippen LogP contribution in [0.2, 0.25) is 0 Å². The molecule has 5 nitrogen and oxygen atoms in total. The Hall–Kier alpha value is -1.43. The third-order valence-electron chi connectivity index (χ3n) is 2.86. The number of nitrogens with one attached hydrogen (secondary N) is 2. The summed E-state index contributed by atoms with van der Waals surface area (Å²) in [4.78, 5) is 11.6. The number of carbonyl (C=O) groups excluding carboxylic acids is 1. The zero-order valence-electron chi connectivity index (χ0n) is 9.39. The van der Waals surface area contributed by atoms with Crippen molar-refractivity contribution in [1.29, 1.82) is 0 Å². The monoisotopic (exact) mass is 236 g/mol. The molecule has 0 spiro atoms. The molecule has 17 heavy (non-hydrogen) atoms. The molecule has 1 aromatic carbocycles. The number of rotatable bonds is 4. The van der Waals surface area contributed by atoms with Crippen molar-refractivity contribution in [3.05, 3.63) is 35.9 Å². The van der Waals surface area contributed by atoms with Crippen LogP contribution >= 0.6 is 0 Å². The van der Waals surface area contributed by atoms with Crippen LogP contribution in [0.4, 0.5) is 0 Å². The average Bonchev–Trinajstić information content (AvgIpc) is 2.33. The zero-order valence-corrected chi connectivity index (χ0v) is 9.39. The van der Waals surface area contributed by atoms with Crippen LogP contribution in [0.15, 0.2) is 30.3 Å². The van der Waals surface area contributed by atoms with E-state index in [1.54, 1.807) is 24.3 Å². The van der Waals surface area contributed by atoms with Crippen LogP contribution in [0.1, 0.15) is 11.7 Å². The molecule has 1 amide bonds. The molecule has 1 atom stereocenters. The Balaban J connectivity index is 1.87. The summed E-state index contributed by atoms with van der Waals surface area (Å²) in [5, 5.41) is 25.0. The van der Waals surface area contributed by atoms with Gasteiger partial charge < -0.3 is 20.8 Å². The fourth-order valence-electron chi connectivity index (χ4n) is 1.67. The van der Waals surface area contributed by atoms with Crippen LogP contribution in [0.3, 0.4) is 0 Å². The van der Waals surface area contributed by atoms with Crippen molar-refractivity contribution < 1.29 is 15.0 Å². The summed E-state index contributed by atoms with van der Waals surface area (Å²) in [5.41, 5.74) is -0.324. The minimum absolute atomic E-state index is 0.155. The second kappa shape index (κ2) is 4.83. The molecule has 1 aromatic rings. The minimum Gasteiger partial charge on any atom is -0.385 e.